The number of benzene rings is 1. The van der Waals surface area contributed by atoms with Gasteiger partial charge in [-0.05, 0) is 35.9 Å². The highest BCUT2D eigenvalue weighted by atomic mass is 35.5. The van der Waals surface area contributed by atoms with Gasteiger partial charge in [0.15, 0.2) is 5.82 Å². The number of nitrogens with two attached hydrogens (primary N) is 1. The first-order chi connectivity index (χ1) is 19.3. The van der Waals surface area contributed by atoms with Crippen molar-refractivity contribution in [2.75, 3.05) is 24.3 Å². The quantitative estimate of drug-likeness (QED) is 0.138. The van der Waals surface area contributed by atoms with Crippen LogP contribution in [0.2, 0.25) is 5.02 Å². The number of amides is 2. The molecule has 3 aromatic rings. The number of hydrogen-bond acceptors (Lipinski definition) is 13. The molecule has 14 nitrogen and oxygen atoms in total. The van der Waals surface area contributed by atoms with E-state index < -0.39 is 29.2 Å². The number of rotatable bonds is 9. The van der Waals surface area contributed by atoms with E-state index in [2.05, 4.69) is 30.6 Å². The number of carboxylic acid groups (broad SMARTS) is 1. The van der Waals surface area contributed by atoms with Gasteiger partial charge in [0.2, 0.25) is 11.6 Å². The molecule has 4 heterocycles. The lowest BCUT2D eigenvalue weighted by Gasteiger charge is -2.49. The summed E-state index contributed by atoms with van der Waals surface area (Å²) < 4.78 is 5.68. The number of nitrogens with zero attached hydrogens (tertiary/aromatic N) is 6. The van der Waals surface area contributed by atoms with E-state index in [1.165, 1.54) is 31.1 Å². The Balaban J connectivity index is 1.28. The summed E-state index contributed by atoms with van der Waals surface area (Å²) in [6.07, 6.45) is 1.35. The van der Waals surface area contributed by atoms with Gasteiger partial charge in [-0.25, -0.2) is 14.8 Å². The first kappa shape index (κ1) is 27.4. The number of fused-ring (bicyclic) bond motifs is 1. The minimum Gasteiger partial charge on any atom is -0.477 e. The van der Waals surface area contributed by atoms with Crippen LogP contribution in [0.25, 0.3) is 11.5 Å². The van der Waals surface area contributed by atoms with E-state index in [4.69, 9.17) is 26.6 Å². The van der Waals surface area contributed by atoms with Gasteiger partial charge in [0, 0.05) is 28.3 Å². The minimum atomic E-state index is -1.26. The average molecular weight is 603 g/mol. The lowest BCUT2D eigenvalue weighted by molar-refractivity contribution is -0.150. The van der Waals surface area contributed by atoms with Crippen LogP contribution in [0.15, 0.2) is 62.6 Å². The molecule has 0 aliphatic carbocycles. The van der Waals surface area contributed by atoms with Gasteiger partial charge in [-0.15, -0.1) is 22.0 Å². The number of hydrogen-bond donors (Lipinski definition) is 3. The Hall–Kier alpha value is -4.15. The van der Waals surface area contributed by atoms with E-state index in [0.29, 0.717) is 27.8 Å². The normalized spacial score (nSPS) is 18.7. The number of halogens is 1. The molecule has 40 heavy (non-hydrogen) atoms. The Labute approximate surface area is 239 Å². The van der Waals surface area contributed by atoms with E-state index >= 15 is 0 Å². The van der Waals surface area contributed by atoms with Crippen molar-refractivity contribution < 1.29 is 28.7 Å². The van der Waals surface area contributed by atoms with Gasteiger partial charge in [0.1, 0.15) is 30.0 Å². The first-order valence-electron chi connectivity index (χ1n) is 11.4. The maximum absolute atomic E-state index is 13.0. The third kappa shape index (κ3) is 5.45. The zero-order chi connectivity index (χ0) is 28.4. The third-order valence-corrected chi connectivity index (χ3v) is 8.19. The number of thioether (sulfide) groups is 2. The fraction of sp³-hybridized carbons (Fsp3) is 0.217. The number of anilines is 1. The number of carbonyl (C=O) groups excluding carboxylic acids is 2. The Morgan fingerprint density at radius 3 is 2.80 bits per heavy atom. The molecule has 5 rings (SSSR count). The molecule has 0 spiro atoms. The monoisotopic (exact) mass is 602 g/mol. The van der Waals surface area contributed by atoms with Crippen molar-refractivity contribution in [2.45, 2.75) is 16.6 Å². The van der Waals surface area contributed by atoms with Crippen molar-refractivity contribution in [3.8, 4) is 11.5 Å². The lowest BCUT2D eigenvalue weighted by Crippen LogP contribution is -2.71. The predicted molar refractivity (Wildman–Crippen MR) is 145 cm³/mol. The zero-order valence-corrected chi connectivity index (χ0v) is 22.9. The van der Waals surface area contributed by atoms with Gasteiger partial charge < -0.3 is 25.4 Å². The number of aromatic nitrogens is 4. The van der Waals surface area contributed by atoms with Crippen LogP contribution in [0.4, 0.5) is 5.82 Å². The second-order valence-electron chi connectivity index (χ2n) is 8.21. The van der Waals surface area contributed by atoms with Gasteiger partial charge in [0.25, 0.3) is 17.0 Å². The van der Waals surface area contributed by atoms with E-state index in [-0.39, 0.29) is 34.0 Å². The lowest BCUT2D eigenvalue weighted by atomic mass is 10.0. The van der Waals surface area contributed by atoms with Crippen LogP contribution < -0.4 is 11.1 Å². The van der Waals surface area contributed by atoms with Crippen LogP contribution in [0.5, 0.6) is 0 Å². The molecule has 2 amide bonds. The van der Waals surface area contributed by atoms with E-state index in [1.807, 2.05) is 0 Å². The number of β-lactam (4-membered cyclic amide) rings is 1. The summed E-state index contributed by atoms with van der Waals surface area (Å²) in [5, 5.41) is 24.4. The van der Waals surface area contributed by atoms with Crippen LogP contribution >= 0.6 is 35.1 Å². The predicted octanol–water partition coefficient (Wildman–Crippen LogP) is 1.64. The van der Waals surface area contributed by atoms with Gasteiger partial charge in [-0.3, -0.25) is 14.5 Å². The summed E-state index contributed by atoms with van der Waals surface area (Å²) in [5.41, 5.74) is 6.42. The molecule has 17 heteroatoms. The Morgan fingerprint density at radius 2 is 2.10 bits per heavy atom. The molecule has 1 saturated heterocycles. The van der Waals surface area contributed by atoms with Crippen molar-refractivity contribution in [1.82, 2.24) is 30.4 Å². The number of nitrogen functional groups attached to an aromatic ring is 1. The van der Waals surface area contributed by atoms with Gasteiger partial charge in [-0.1, -0.05) is 28.5 Å². The van der Waals surface area contributed by atoms with Crippen molar-refractivity contribution in [1.29, 1.82) is 0 Å². The summed E-state index contributed by atoms with van der Waals surface area (Å²) in [6.45, 7) is 0. The SMILES string of the molecule is CO/N=C(/C(=O)NC1C(=O)N2C(C(=O)O)=C(CSc3nnc(-c4ccc(Cl)cc4)o3)CSC12)c1nccc(N)n1. The van der Waals surface area contributed by atoms with Gasteiger partial charge in [-0.2, -0.15) is 0 Å². The molecule has 2 aliphatic heterocycles. The van der Waals surface area contributed by atoms with Gasteiger partial charge >= 0.3 is 5.97 Å². The van der Waals surface area contributed by atoms with Gasteiger partial charge in [0.05, 0.1) is 0 Å². The molecule has 0 radical (unpaired) electrons. The molecule has 2 aromatic heterocycles. The second kappa shape index (κ2) is 11.5. The fourth-order valence-corrected chi connectivity index (χ4v) is 6.27. The fourth-order valence-electron chi connectivity index (χ4n) is 3.89. The highest BCUT2D eigenvalue weighted by Gasteiger charge is 2.54. The van der Waals surface area contributed by atoms with Crippen molar-refractivity contribution >= 4 is 64.4 Å². The molecule has 0 saturated carbocycles. The van der Waals surface area contributed by atoms with Crippen molar-refractivity contribution in [3.63, 3.8) is 0 Å². The van der Waals surface area contributed by atoms with E-state index in [1.54, 1.807) is 24.3 Å². The molecule has 1 fully saturated rings. The Morgan fingerprint density at radius 1 is 1.32 bits per heavy atom. The number of carbonyl (C=O) groups is 3. The Bertz CT molecular complexity index is 1550. The topological polar surface area (TPSA) is 199 Å². The second-order valence-corrected chi connectivity index (χ2v) is 10.7. The van der Waals surface area contributed by atoms with Crippen LogP contribution in [0.3, 0.4) is 0 Å². The van der Waals surface area contributed by atoms with E-state index in [9.17, 15) is 19.5 Å². The molecule has 206 valence electrons. The molecular formula is C23H19ClN8O6S2. The zero-order valence-electron chi connectivity index (χ0n) is 20.5. The van der Waals surface area contributed by atoms with Crippen molar-refractivity contribution in [3.05, 3.63) is 58.6 Å². The number of nitrogens with one attached hydrogen (secondary N) is 1. The number of oxime groups is 1. The summed E-state index contributed by atoms with van der Waals surface area (Å²) >= 11 is 8.38. The Kier molecular flexibility index (Phi) is 7.90. The highest BCUT2D eigenvalue weighted by Crippen LogP contribution is 2.41. The maximum atomic E-state index is 13.0. The molecule has 2 unspecified atom stereocenters. The summed E-state index contributed by atoms with van der Waals surface area (Å²) in [6, 6.07) is 7.31. The summed E-state index contributed by atoms with van der Waals surface area (Å²) in [5.74, 6) is -1.82. The summed E-state index contributed by atoms with van der Waals surface area (Å²) in [7, 11) is 1.24. The molecule has 4 N–H and O–H groups in total. The summed E-state index contributed by atoms with van der Waals surface area (Å²) in [4.78, 5) is 52.0. The maximum Gasteiger partial charge on any atom is 0.352 e. The van der Waals surface area contributed by atoms with Crippen LogP contribution in [0, 0.1) is 0 Å². The van der Waals surface area contributed by atoms with Crippen molar-refractivity contribution in [2.24, 2.45) is 5.16 Å². The molecular weight excluding hydrogens is 584 g/mol. The molecule has 2 atom stereocenters. The largest absolute Gasteiger partial charge is 0.477 e. The molecule has 1 aromatic carbocycles. The van der Waals surface area contributed by atoms with Crippen LogP contribution in [-0.4, -0.2) is 83.7 Å². The average Bonchev–Trinajstić information content (AvgIpc) is 3.42. The number of carboxylic acids is 1. The number of aliphatic carboxylic acids is 1. The first-order valence-corrected chi connectivity index (χ1v) is 13.8. The van der Waals surface area contributed by atoms with Crippen LogP contribution in [0.1, 0.15) is 5.82 Å². The molecule has 0 bridgehead atoms. The third-order valence-electron chi connectivity index (χ3n) is 5.69. The highest BCUT2D eigenvalue weighted by molar-refractivity contribution is 8.01. The van der Waals surface area contributed by atoms with E-state index in [0.717, 1.165) is 16.7 Å². The standard InChI is InChI=1S/C23H19ClN8O6S2/c1-37-31-14(17-26-7-6-13(25)27-17)18(33)28-15-20(34)32-16(22(35)36)11(8-39-21(15)32)9-40-23-30-29-19(38-23)10-2-4-12(24)5-3-10/h2-7,15,21H,8-9H2,1H3,(H,28,33)(H,35,36)(H2,25,26,27)/b31-14+. The molecule has 2 aliphatic rings. The smallest absolute Gasteiger partial charge is 0.352 e. The minimum absolute atomic E-state index is 0.0926. The van der Waals surface area contributed by atoms with Crippen LogP contribution in [-0.2, 0) is 19.2 Å².